The van der Waals surface area contributed by atoms with Crippen LogP contribution in [0, 0.1) is 12.8 Å². The Labute approximate surface area is 220 Å². The minimum Gasteiger partial charge on any atom is -0.495 e. The minimum atomic E-state index is -0.358. The average Bonchev–Trinajstić information content (AvgIpc) is 3.26. The molecule has 0 unspecified atom stereocenters. The van der Waals surface area contributed by atoms with Crippen molar-refractivity contribution in [1.29, 1.82) is 0 Å². The maximum atomic E-state index is 13.3. The summed E-state index contributed by atoms with van der Waals surface area (Å²) < 4.78 is 7.10. The van der Waals surface area contributed by atoms with E-state index in [4.69, 9.17) is 9.84 Å². The highest BCUT2D eigenvalue weighted by molar-refractivity contribution is 5.97. The van der Waals surface area contributed by atoms with Crippen LogP contribution in [0.1, 0.15) is 52.3 Å². The third kappa shape index (κ3) is 7.59. The summed E-state index contributed by atoms with van der Waals surface area (Å²) in [4.78, 5) is 28.0. The first-order chi connectivity index (χ1) is 17.5. The Kier molecular flexibility index (Phi) is 8.97. The molecule has 0 spiro atoms. The highest BCUT2D eigenvalue weighted by atomic mass is 16.5. The molecule has 0 bridgehead atoms. The molecule has 0 atom stereocenters. The van der Waals surface area contributed by atoms with Gasteiger partial charge < -0.3 is 20.3 Å². The zero-order chi connectivity index (χ0) is 27.2. The molecule has 0 aliphatic heterocycles. The van der Waals surface area contributed by atoms with E-state index in [9.17, 15) is 9.59 Å². The molecule has 3 amide bonds. The maximum Gasteiger partial charge on any atom is 0.322 e. The number of hydrogen-bond donors (Lipinski definition) is 2. The Morgan fingerprint density at radius 2 is 1.78 bits per heavy atom. The molecule has 0 saturated carbocycles. The lowest BCUT2D eigenvalue weighted by Crippen LogP contribution is -2.41. The zero-order valence-electron chi connectivity index (χ0n) is 23.0. The monoisotopic (exact) mass is 505 g/mol. The second-order valence-electron chi connectivity index (χ2n) is 10.7. The lowest BCUT2D eigenvalue weighted by atomic mass is 9.92. The van der Waals surface area contributed by atoms with Crippen molar-refractivity contribution in [3.63, 3.8) is 0 Å². The fourth-order valence-corrected chi connectivity index (χ4v) is 3.76. The largest absolute Gasteiger partial charge is 0.495 e. The van der Waals surface area contributed by atoms with Crippen LogP contribution < -0.4 is 15.4 Å². The first-order valence-corrected chi connectivity index (χ1v) is 12.6. The van der Waals surface area contributed by atoms with Gasteiger partial charge in [0.2, 0.25) is 5.91 Å². The number of methoxy groups -OCH3 is 1. The second kappa shape index (κ2) is 12.0. The summed E-state index contributed by atoms with van der Waals surface area (Å²) in [5.74, 6) is 1.20. The van der Waals surface area contributed by atoms with E-state index in [-0.39, 0.29) is 23.9 Å². The number of ether oxygens (including phenoxy) is 1. The lowest BCUT2D eigenvalue weighted by Gasteiger charge is -2.24. The fourth-order valence-electron chi connectivity index (χ4n) is 3.76. The van der Waals surface area contributed by atoms with E-state index >= 15 is 0 Å². The van der Waals surface area contributed by atoms with Crippen LogP contribution in [0.2, 0.25) is 0 Å². The fraction of sp³-hybridized carbons (Fsp3) is 0.414. The van der Waals surface area contributed by atoms with Crippen molar-refractivity contribution in [2.45, 2.75) is 53.4 Å². The summed E-state index contributed by atoms with van der Waals surface area (Å²) >= 11 is 0. The molecule has 1 aromatic heterocycles. The van der Waals surface area contributed by atoms with E-state index in [1.165, 1.54) is 4.90 Å². The number of urea groups is 1. The van der Waals surface area contributed by atoms with Gasteiger partial charge in [0, 0.05) is 18.0 Å². The molecular weight excluding hydrogens is 466 g/mol. The van der Waals surface area contributed by atoms with E-state index < -0.39 is 0 Å². The first-order valence-electron chi connectivity index (χ1n) is 12.6. The third-order valence-corrected chi connectivity index (χ3v) is 5.94. The van der Waals surface area contributed by atoms with Crippen molar-refractivity contribution in [2.75, 3.05) is 30.8 Å². The van der Waals surface area contributed by atoms with Crippen LogP contribution in [0.25, 0.3) is 5.69 Å². The van der Waals surface area contributed by atoms with Crippen LogP contribution >= 0.6 is 0 Å². The van der Waals surface area contributed by atoms with Gasteiger partial charge in [-0.2, -0.15) is 5.10 Å². The van der Waals surface area contributed by atoms with Crippen molar-refractivity contribution in [3.05, 3.63) is 65.9 Å². The molecule has 37 heavy (non-hydrogen) atoms. The molecule has 3 rings (SSSR count). The van der Waals surface area contributed by atoms with E-state index in [0.29, 0.717) is 29.7 Å². The number of amides is 3. The standard InChI is InChI=1S/C29H39N5O3/c1-20(2)15-16-33(28(36)30-23-13-8-9-14-24(23)37-7)19-27(35)31-26-18-25(29(4,5)6)32-34(26)22-12-10-11-21(3)17-22/h8-14,17-18,20H,15-16,19H2,1-7H3,(H,30,36)(H,31,35). The van der Waals surface area contributed by atoms with Crippen LogP contribution in [-0.4, -0.2) is 46.8 Å². The summed E-state index contributed by atoms with van der Waals surface area (Å²) in [7, 11) is 1.55. The van der Waals surface area contributed by atoms with Gasteiger partial charge in [0.25, 0.3) is 0 Å². The van der Waals surface area contributed by atoms with Crippen molar-refractivity contribution < 1.29 is 14.3 Å². The Hall–Kier alpha value is -3.81. The molecule has 0 aliphatic carbocycles. The lowest BCUT2D eigenvalue weighted by molar-refractivity contribution is -0.116. The first kappa shape index (κ1) is 27.8. The summed E-state index contributed by atoms with van der Waals surface area (Å²) in [6, 6.07) is 16.7. The van der Waals surface area contributed by atoms with E-state index in [2.05, 4.69) is 45.3 Å². The number of rotatable bonds is 9. The maximum absolute atomic E-state index is 13.3. The van der Waals surface area contributed by atoms with E-state index in [1.54, 1.807) is 23.9 Å². The minimum absolute atomic E-state index is 0.0997. The molecular formula is C29H39N5O3. The highest BCUT2D eigenvalue weighted by Gasteiger charge is 2.23. The Bertz CT molecular complexity index is 1230. The van der Waals surface area contributed by atoms with E-state index in [1.807, 2.05) is 49.4 Å². The summed E-state index contributed by atoms with van der Waals surface area (Å²) in [5.41, 5.74) is 3.16. The number of nitrogens with zero attached hydrogens (tertiary/aromatic N) is 3. The number of nitrogens with one attached hydrogen (secondary N) is 2. The molecule has 0 fully saturated rings. The van der Waals surface area contributed by atoms with Crippen LogP contribution in [0.15, 0.2) is 54.6 Å². The van der Waals surface area contributed by atoms with Gasteiger partial charge in [0.1, 0.15) is 18.1 Å². The van der Waals surface area contributed by atoms with Crippen molar-refractivity contribution >= 4 is 23.4 Å². The highest BCUT2D eigenvalue weighted by Crippen LogP contribution is 2.27. The van der Waals surface area contributed by atoms with Crippen LogP contribution in [0.5, 0.6) is 5.75 Å². The van der Waals surface area contributed by atoms with Gasteiger partial charge in [-0.1, -0.05) is 58.9 Å². The number of carbonyl (C=O) groups is 2. The third-order valence-electron chi connectivity index (χ3n) is 5.94. The number of benzene rings is 2. The Morgan fingerprint density at radius 3 is 2.43 bits per heavy atom. The van der Waals surface area contributed by atoms with Gasteiger partial charge >= 0.3 is 6.03 Å². The van der Waals surface area contributed by atoms with Gasteiger partial charge in [-0.15, -0.1) is 0 Å². The Balaban J connectivity index is 1.83. The van der Waals surface area contributed by atoms with Crippen LogP contribution in [0.4, 0.5) is 16.3 Å². The SMILES string of the molecule is COc1ccccc1NC(=O)N(CCC(C)C)CC(=O)Nc1cc(C(C)(C)C)nn1-c1cccc(C)c1. The van der Waals surface area contributed by atoms with Gasteiger partial charge in [0.05, 0.1) is 24.2 Å². The predicted octanol–water partition coefficient (Wildman–Crippen LogP) is 6.01. The topological polar surface area (TPSA) is 88.5 Å². The number of carbonyl (C=O) groups excluding carboxylic acids is 2. The molecule has 0 saturated heterocycles. The second-order valence-corrected chi connectivity index (χ2v) is 10.7. The summed E-state index contributed by atoms with van der Waals surface area (Å²) in [5, 5.41) is 10.7. The van der Waals surface area contributed by atoms with Crippen LogP contribution in [-0.2, 0) is 10.2 Å². The normalized spacial score (nSPS) is 11.4. The molecule has 3 aromatic rings. The van der Waals surface area contributed by atoms with Crippen LogP contribution in [0.3, 0.4) is 0 Å². The zero-order valence-corrected chi connectivity index (χ0v) is 23.0. The number of hydrogen-bond acceptors (Lipinski definition) is 4. The number of aryl methyl sites for hydroxylation is 1. The van der Waals surface area contributed by atoms with Gasteiger partial charge in [-0.05, 0) is 49.1 Å². The Morgan fingerprint density at radius 1 is 1.05 bits per heavy atom. The van der Waals surface area contributed by atoms with Crippen molar-refractivity contribution in [1.82, 2.24) is 14.7 Å². The molecule has 1 heterocycles. The molecule has 198 valence electrons. The molecule has 2 N–H and O–H groups in total. The predicted molar refractivity (Wildman–Crippen MR) is 149 cm³/mol. The number of para-hydroxylation sites is 2. The molecule has 0 radical (unpaired) electrons. The molecule has 0 aliphatic rings. The van der Waals surface area contributed by atoms with Crippen molar-refractivity contribution in [3.8, 4) is 11.4 Å². The van der Waals surface area contributed by atoms with Gasteiger partial charge in [-0.3, -0.25) is 4.79 Å². The summed E-state index contributed by atoms with van der Waals surface area (Å²) in [6.45, 7) is 12.8. The quantitative estimate of drug-likeness (QED) is 0.373. The molecule has 2 aromatic carbocycles. The number of anilines is 2. The van der Waals surface area contributed by atoms with Gasteiger partial charge in [-0.25, -0.2) is 9.48 Å². The smallest absolute Gasteiger partial charge is 0.322 e. The summed E-state index contributed by atoms with van der Waals surface area (Å²) in [6.07, 6.45) is 0.766. The van der Waals surface area contributed by atoms with Crippen molar-refractivity contribution in [2.24, 2.45) is 5.92 Å². The molecule has 8 nitrogen and oxygen atoms in total. The van der Waals surface area contributed by atoms with Gasteiger partial charge in [0.15, 0.2) is 0 Å². The van der Waals surface area contributed by atoms with E-state index in [0.717, 1.165) is 23.4 Å². The molecule has 8 heteroatoms. The number of aromatic nitrogens is 2. The average molecular weight is 506 g/mol.